The molecule has 3 heteroatoms. The second-order valence-electron chi connectivity index (χ2n) is 5.82. The molecule has 1 aromatic rings. The summed E-state index contributed by atoms with van der Waals surface area (Å²) in [6, 6.07) is 4.30. The van der Waals surface area contributed by atoms with Crippen molar-refractivity contribution in [3.8, 4) is 0 Å². The van der Waals surface area contributed by atoms with Crippen LogP contribution in [0.1, 0.15) is 32.3 Å². The summed E-state index contributed by atoms with van der Waals surface area (Å²) in [6.45, 7) is 5.15. The summed E-state index contributed by atoms with van der Waals surface area (Å²) in [5.74, 6) is 0. The zero-order chi connectivity index (χ0) is 12.5. The third kappa shape index (κ3) is 2.67. The molecule has 0 aromatic carbocycles. The van der Waals surface area contributed by atoms with Gasteiger partial charge in [0.15, 0.2) is 0 Å². The molecular formula is C14H22N2O. The van der Waals surface area contributed by atoms with E-state index in [1.165, 1.54) is 5.56 Å². The van der Waals surface area contributed by atoms with Crippen LogP contribution in [0.3, 0.4) is 0 Å². The summed E-state index contributed by atoms with van der Waals surface area (Å²) in [7, 11) is 2.09. The first-order valence-electron chi connectivity index (χ1n) is 6.28. The van der Waals surface area contributed by atoms with Crippen LogP contribution in [0.2, 0.25) is 0 Å². The molecule has 1 aliphatic carbocycles. The van der Waals surface area contributed by atoms with E-state index in [0.29, 0.717) is 0 Å². The first kappa shape index (κ1) is 12.5. The monoisotopic (exact) mass is 234 g/mol. The van der Waals surface area contributed by atoms with Gasteiger partial charge in [0.25, 0.3) is 0 Å². The minimum absolute atomic E-state index is 0.0495. The van der Waals surface area contributed by atoms with Crippen molar-refractivity contribution in [3.63, 3.8) is 0 Å². The number of rotatable bonds is 3. The topological polar surface area (TPSA) is 36.4 Å². The van der Waals surface area contributed by atoms with Crippen LogP contribution in [0.15, 0.2) is 24.5 Å². The average Bonchev–Trinajstić information content (AvgIpc) is 2.56. The molecule has 1 aliphatic rings. The Bertz CT molecular complexity index is 364. The van der Waals surface area contributed by atoms with E-state index < -0.39 is 0 Å². The van der Waals surface area contributed by atoms with Crippen molar-refractivity contribution in [2.45, 2.75) is 45.4 Å². The second kappa shape index (κ2) is 4.75. The zero-order valence-corrected chi connectivity index (χ0v) is 10.9. The maximum atomic E-state index is 10.3. The van der Waals surface area contributed by atoms with Gasteiger partial charge < -0.3 is 5.11 Å². The normalized spacial score (nSPS) is 27.6. The molecule has 2 unspecified atom stereocenters. The highest BCUT2D eigenvalue weighted by Gasteiger charge is 2.42. The predicted octanol–water partition coefficient (Wildman–Crippen LogP) is 2.06. The molecule has 0 spiro atoms. The first-order valence-corrected chi connectivity index (χ1v) is 6.28. The lowest BCUT2D eigenvalue weighted by molar-refractivity contribution is 0.0209. The highest BCUT2D eigenvalue weighted by Crippen LogP contribution is 2.39. The highest BCUT2D eigenvalue weighted by atomic mass is 16.3. The quantitative estimate of drug-likeness (QED) is 0.869. The van der Waals surface area contributed by atoms with E-state index >= 15 is 0 Å². The summed E-state index contributed by atoms with van der Waals surface area (Å²) in [5.41, 5.74) is 1.25. The van der Waals surface area contributed by atoms with Gasteiger partial charge in [0.1, 0.15) is 0 Å². The summed E-state index contributed by atoms with van der Waals surface area (Å²) < 4.78 is 0. The van der Waals surface area contributed by atoms with Crippen LogP contribution in [0.5, 0.6) is 0 Å². The third-order valence-corrected chi connectivity index (χ3v) is 3.97. The van der Waals surface area contributed by atoms with Crippen molar-refractivity contribution in [2.24, 2.45) is 5.41 Å². The summed E-state index contributed by atoms with van der Waals surface area (Å²) in [4.78, 5) is 6.37. The number of aliphatic hydroxyl groups is 1. The van der Waals surface area contributed by atoms with Crippen LogP contribution in [0.25, 0.3) is 0 Å². The van der Waals surface area contributed by atoms with E-state index in [-0.39, 0.29) is 17.6 Å². The molecule has 0 amide bonds. The van der Waals surface area contributed by atoms with Crippen molar-refractivity contribution < 1.29 is 5.11 Å². The fourth-order valence-corrected chi connectivity index (χ4v) is 2.70. The molecule has 1 heterocycles. The van der Waals surface area contributed by atoms with Crippen LogP contribution in [0, 0.1) is 5.41 Å². The summed E-state index contributed by atoms with van der Waals surface area (Å²) >= 11 is 0. The maximum Gasteiger partial charge on any atom is 0.0746 e. The second-order valence-corrected chi connectivity index (χ2v) is 5.82. The number of aliphatic hydroxyl groups excluding tert-OH is 1. The Kier molecular flexibility index (Phi) is 3.50. The number of likely N-dealkylation sites (N-methyl/N-ethyl adjacent to an activating group) is 1. The molecule has 0 saturated heterocycles. The molecule has 1 aromatic heterocycles. The van der Waals surface area contributed by atoms with Gasteiger partial charge >= 0.3 is 0 Å². The van der Waals surface area contributed by atoms with Crippen molar-refractivity contribution in [1.82, 2.24) is 9.88 Å². The van der Waals surface area contributed by atoms with Gasteiger partial charge in [0.2, 0.25) is 0 Å². The fraction of sp³-hybridized carbons (Fsp3) is 0.643. The van der Waals surface area contributed by atoms with Gasteiger partial charge in [-0.25, -0.2) is 0 Å². The Labute approximate surface area is 103 Å². The van der Waals surface area contributed by atoms with Gasteiger partial charge in [-0.2, -0.15) is 0 Å². The van der Waals surface area contributed by atoms with E-state index in [1.807, 2.05) is 12.3 Å². The van der Waals surface area contributed by atoms with Gasteiger partial charge in [-0.15, -0.1) is 0 Å². The number of hydrogen-bond acceptors (Lipinski definition) is 3. The number of pyridine rings is 1. The van der Waals surface area contributed by atoms with Crippen molar-refractivity contribution in [2.75, 3.05) is 7.05 Å². The van der Waals surface area contributed by atoms with E-state index in [1.54, 1.807) is 6.20 Å². The van der Waals surface area contributed by atoms with Gasteiger partial charge in [0, 0.05) is 25.0 Å². The molecule has 3 nitrogen and oxygen atoms in total. The molecule has 1 saturated carbocycles. The lowest BCUT2D eigenvalue weighted by Gasteiger charge is -2.31. The summed E-state index contributed by atoms with van der Waals surface area (Å²) in [5, 5.41) is 10.3. The van der Waals surface area contributed by atoms with Gasteiger partial charge in [-0.3, -0.25) is 9.88 Å². The minimum atomic E-state index is -0.232. The van der Waals surface area contributed by atoms with Crippen molar-refractivity contribution in [1.29, 1.82) is 0 Å². The van der Waals surface area contributed by atoms with E-state index in [4.69, 9.17) is 0 Å². The fourth-order valence-electron chi connectivity index (χ4n) is 2.70. The van der Waals surface area contributed by atoms with E-state index in [2.05, 4.69) is 36.8 Å². The molecular weight excluding hydrogens is 212 g/mol. The average molecular weight is 234 g/mol. The summed E-state index contributed by atoms with van der Waals surface area (Å²) in [6.07, 6.45) is 5.62. The van der Waals surface area contributed by atoms with Crippen LogP contribution < -0.4 is 0 Å². The van der Waals surface area contributed by atoms with E-state index in [9.17, 15) is 5.11 Å². The van der Waals surface area contributed by atoms with Gasteiger partial charge in [-0.1, -0.05) is 19.9 Å². The minimum Gasteiger partial charge on any atom is -0.391 e. The molecule has 2 atom stereocenters. The van der Waals surface area contributed by atoms with Crippen LogP contribution >= 0.6 is 0 Å². The number of nitrogens with zero attached hydrogens (tertiary/aromatic N) is 2. The first-order chi connectivity index (χ1) is 8.00. The van der Waals surface area contributed by atoms with E-state index in [0.717, 1.165) is 19.4 Å². The Morgan fingerprint density at radius 2 is 2.29 bits per heavy atom. The lowest BCUT2D eigenvalue weighted by atomic mass is 9.88. The molecule has 0 aliphatic heterocycles. The van der Waals surface area contributed by atoms with Crippen molar-refractivity contribution in [3.05, 3.63) is 30.1 Å². The Morgan fingerprint density at radius 1 is 1.53 bits per heavy atom. The zero-order valence-electron chi connectivity index (χ0n) is 10.9. The number of aromatic nitrogens is 1. The van der Waals surface area contributed by atoms with Gasteiger partial charge in [0.05, 0.1) is 6.10 Å². The molecule has 1 fully saturated rings. The van der Waals surface area contributed by atoms with Crippen LogP contribution in [-0.4, -0.2) is 34.2 Å². The Hall–Kier alpha value is -0.930. The molecule has 17 heavy (non-hydrogen) atoms. The van der Waals surface area contributed by atoms with Crippen molar-refractivity contribution >= 4 is 0 Å². The maximum absolute atomic E-state index is 10.3. The SMILES string of the molecule is CN(Cc1cccnc1)C1CCC(C)(C)C1O. The third-order valence-electron chi connectivity index (χ3n) is 3.97. The number of hydrogen-bond donors (Lipinski definition) is 1. The largest absolute Gasteiger partial charge is 0.391 e. The Balaban J connectivity index is 2.00. The Morgan fingerprint density at radius 3 is 2.82 bits per heavy atom. The molecule has 94 valence electrons. The molecule has 1 N–H and O–H groups in total. The lowest BCUT2D eigenvalue weighted by Crippen LogP contribution is -2.41. The molecule has 0 radical (unpaired) electrons. The standard InChI is InChI=1S/C14H22N2O/c1-14(2)7-6-12(13(14)17)16(3)10-11-5-4-8-15-9-11/h4-5,8-9,12-13,17H,6-7,10H2,1-3H3. The smallest absolute Gasteiger partial charge is 0.0746 e. The highest BCUT2D eigenvalue weighted by molar-refractivity contribution is 5.09. The van der Waals surface area contributed by atoms with Crippen LogP contribution in [-0.2, 0) is 6.54 Å². The van der Waals surface area contributed by atoms with Gasteiger partial charge in [-0.05, 0) is 36.9 Å². The van der Waals surface area contributed by atoms with Crippen LogP contribution in [0.4, 0.5) is 0 Å². The molecule has 2 rings (SSSR count). The molecule has 0 bridgehead atoms. The predicted molar refractivity (Wildman–Crippen MR) is 68.5 cm³/mol.